The van der Waals surface area contributed by atoms with Gasteiger partial charge in [-0.15, -0.1) is 0 Å². The second kappa shape index (κ2) is 4.69. The molecule has 0 fully saturated rings. The highest BCUT2D eigenvalue weighted by Gasteiger charge is 2.17. The third-order valence-electron chi connectivity index (χ3n) is 2.48. The highest BCUT2D eigenvalue weighted by Crippen LogP contribution is 2.28. The van der Waals surface area contributed by atoms with E-state index < -0.39 is 0 Å². The molecule has 83 valence electrons. The molecule has 1 heteroatoms. The Labute approximate surface area is 93.2 Å². The smallest absolute Gasteiger partial charge is 0.163 e. The van der Waals surface area contributed by atoms with Crippen LogP contribution in [0.15, 0.2) is 35.6 Å². The van der Waals surface area contributed by atoms with Crippen molar-refractivity contribution in [3.63, 3.8) is 0 Å². The normalized spacial score (nSPS) is 17.2. The van der Waals surface area contributed by atoms with Gasteiger partial charge in [-0.1, -0.05) is 52.0 Å². The molecule has 0 aromatic carbocycles. The van der Waals surface area contributed by atoms with Crippen molar-refractivity contribution in [2.45, 2.75) is 40.5 Å². The molecule has 1 aliphatic carbocycles. The van der Waals surface area contributed by atoms with Gasteiger partial charge in [0.25, 0.3) is 0 Å². The van der Waals surface area contributed by atoms with E-state index >= 15 is 0 Å². The molecule has 1 atom stereocenters. The second-order valence-electron chi connectivity index (χ2n) is 5.67. The number of hydrogen-bond acceptors (Lipinski definition) is 0. The largest absolute Gasteiger partial charge is 0.294 e. The third kappa shape index (κ3) is 4.37. The first kappa shape index (κ1) is 12.1. The molecule has 0 amide bonds. The van der Waals surface area contributed by atoms with Gasteiger partial charge in [-0.3, -0.25) is 5.11 Å². The summed E-state index contributed by atoms with van der Waals surface area (Å²) in [7, 11) is 0. The fourth-order valence-corrected chi connectivity index (χ4v) is 2.11. The van der Waals surface area contributed by atoms with Crippen molar-refractivity contribution >= 4 is 0 Å². The number of hydrogen-bond donors (Lipinski definition) is 0. The van der Waals surface area contributed by atoms with E-state index in [1.165, 1.54) is 0 Å². The summed E-state index contributed by atoms with van der Waals surface area (Å²) >= 11 is 0. The summed E-state index contributed by atoms with van der Waals surface area (Å²) in [6, 6.07) is 0. The lowest BCUT2D eigenvalue weighted by atomic mass is 9.83. The lowest BCUT2D eigenvalue weighted by Crippen LogP contribution is -2.11. The zero-order chi connectivity index (χ0) is 11.5. The van der Waals surface area contributed by atoms with Gasteiger partial charge in [0.05, 0.1) is 0 Å². The first-order valence-electron chi connectivity index (χ1n) is 5.63. The Balaban J connectivity index is 2.52. The first-order valence-corrected chi connectivity index (χ1v) is 5.63. The predicted octanol–water partition coefficient (Wildman–Crippen LogP) is 4.26. The van der Waals surface area contributed by atoms with Crippen molar-refractivity contribution in [1.29, 1.82) is 0 Å². The Morgan fingerprint density at radius 2 is 1.80 bits per heavy atom. The van der Waals surface area contributed by atoms with Crippen molar-refractivity contribution in [3.8, 4) is 0 Å². The Morgan fingerprint density at radius 1 is 1.27 bits per heavy atom. The second-order valence-corrected chi connectivity index (χ2v) is 5.67. The van der Waals surface area contributed by atoms with Crippen molar-refractivity contribution in [3.05, 3.63) is 35.6 Å². The topological polar surface area (TPSA) is 19.9 Å². The summed E-state index contributed by atoms with van der Waals surface area (Å²) in [5, 5.41) is 11.8. The molecule has 0 bridgehead atoms. The molecule has 1 nitrogen and oxygen atoms in total. The lowest BCUT2D eigenvalue weighted by molar-refractivity contribution is 0.234. The van der Waals surface area contributed by atoms with E-state index in [0.29, 0.717) is 17.8 Å². The molecule has 0 saturated carbocycles. The van der Waals surface area contributed by atoms with E-state index in [1.807, 2.05) is 24.3 Å². The molecule has 0 heterocycles. The van der Waals surface area contributed by atoms with Gasteiger partial charge >= 0.3 is 0 Å². The summed E-state index contributed by atoms with van der Waals surface area (Å²) in [4.78, 5) is 0. The van der Waals surface area contributed by atoms with Crippen LogP contribution in [0.3, 0.4) is 0 Å². The molecule has 1 aliphatic rings. The van der Waals surface area contributed by atoms with Gasteiger partial charge in [0.1, 0.15) is 0 Å². The maximum Gasteiger partial charge on any atom is 0.163 e. The molecule has 0 aromatic heterocycles. The summed E-state index contributed by atoms with van der Waals surface area (Å²) in [6.07, 6.45) is 9.39. The van der Waals surface area contributed by atoms with Crippen LogP contribution in [-0.4, -0.2) is 0 Å². The van der Waals surface area contributed by atoms with E-state index in [9.17, 15) is 5.11 Å². The van der Waals surface area contributed by atoms with Gasteiger partial charge in [-0.25, -0.2) is 0 Å². The van der Waals surface area contributed by atoms with Crippen molar-refractivity contribution in [1.82, 2.24) is 0 Å². The first-order chi connectivity index (χ1) is 6.88. The third-order valence-corrected chi connectivity index (χ3v) is 2.48. The van der Waals surface area contributed by atoms with Gasteiger partial charge in [0.2, 0.25) is 0 Å². The zero-order valence-corrected chi connectivity index (χ0v) is 10.2. The van der Waals surface area contributed by atoms with Crippen LogP contribution >= 0.6 is 0 Å². The summed E-state index contributed by atoms with van der Waals surface area (Å²) < 4.78 is 0. The van der Waals surface area contributed by atoms with E-state index in [4.69, 9.17) is 0 Å². The molecule has 1 unspecified atom stereocenters. The standard InChI is InChI=1S/C14H21O/c1-11(10-14(2,3)4)9-13(15)12-7-5-6-8-12/h5-8,11H,9-10H2,1-4H3. The van der Waals surface area contributed by atoms with Gasteiger partial charge in [0.15, 0.2) is 5.76 Å². The highest BCUT2D eigenvalue weighted by molar-refractivity contribution is 5.41. The van der Waals surface area contributed by atoms with E-state index in [1.54, 1.807) is 0 Å². The van der Waals surface area contributed by atoms with Crippen molar-refractivity contribution in [2.75, 3.05) is 0 Å². The molecule has 1 radical (unpaired) electrons. The average Bonchev–Trinajstić information content (AvgIpc) is 2.50. The zero-order valence-electron chi connectivity index (χ0n) is 10.2. The minimum absolute atomic E-state index is 0.275. The highest BCUT2D eigenvalue weighted by atomic mass is 16.3. The van der Waals surface area contributed by atoms with E-state index in [2.05, 4.69) is 27.7 Å². The molecular weight excluding hydrogens is 184 g/mol. The Kier molecular flexibility index (Phi) is 3.78. The molecule has 15 heavy (non-hydrogen) atoms. The van der Waals surface area contributed by atoms with Crippen LogP contribution in [0.2, 0.25) is 0 Å². The Morgan fingerprint density at radius 3 is 2.27 bits per heavy atom. The monoisotopic (exact) mass is 205 g/mol. The minimum Gasteiger partial charge on any atom is -0.294 e. The molecule has 0 aliphatic heterocycles. The van der Waals surface area contributed by atoms with Gasteiger partial charge in [0, 0.05) is 12.0 Å². The summed E-state index contributed by atoms with van der Waals surface area (Å²) in [6.45, 7) is 8.82. The molecule has 0 N–H and O–H groups in total. The molecular formula is C14H21O. The molecule has 0 aromatic rings. The van der Waals surface area contributed by atoms with Crippen molar-refractivity contribution < 1.29 is 5.11 Å². The maximum atomic E-state index is 11.8. The van der Waals surface area contributed by atoms with Crippen LogP contribution in [-0.2, 0) is 5.11 Å². The Hall–Kier alpha value is -0.980. The van der Waals surface area contributed by atoms with Crippen LogP contribution in [0, 0.1) is 11.3 Å². The van der Waals surface area contributed by atoms with Crippen LogP contribution < -0.4 is 0 Å². The fourth-order valence-electron chi connectivity index (χ4n) is 2.11. The van der Waals surface area contributed by atoms with Crippen LogP contribution in [0.25, 0.3) is 0 Å². The quantitative estimate of drug-likeness (QED) is 0.613. The van der Waals surface area contributed by atoms with Gasteiger partial charge in [-0.05, 0) is 17.8 Å². The molecule has 0 spiro atoms. The minimum atomic E-state index is 0.275. The molecule has 1 rings (SSSR count). The lowest BCUT2D eigenvalue weighted by Gasteiger charge is -2.22. The SMILES string of the molecule is CC(CC([O])=C1C=CC=C1)CC(C)(C)C. The summed E-state index contributed by atoms with van der Waals surface area (Å²) in [5.74, 6) is 0.740. The average molecular weight is 205 g/mol. The van der Waals surface area contributed by atoms with Crippen molar-refractivity contribution in [2.24, 2.45) is 11.3 Å². The predicted molar refractivity (Wildman–Crippen MR) is 63.8 cm³/mol. The van der Waals surface area contributed by atoms with E-state index in [0.717, 1.165) is 12.0 Å². The molecule has 0 saturated heterocycles. The van der Waals surface area contributed by atoms with Crippen LogP contribution in [0.5, 0.6) is 0 Å². The number of rotatable bonds is 3. The summed E-state index contributed by atoms with van der Waals surface area (Å²) in [5.41, 5.74) is 1.17. The van der Waals surface area contributed by atoms with Gasteiger partial charge < -0.3 is 0 Å². The van der Waals surface area contributed by atoms with Crippen LogP contribution in [0.4, 0.5) is 0 Å². The number of allylic oxidation sites excluding steroid dienone is 6. The van der Waals surface area contributed by atoms with E-state index in [-0.39, 0.29) is 5.76 Å². The Bertz CT molecular complexity index is 286. The fraction of sp³-hybridized carbons (Fsp3) is 0.571. The maximum absolute atomic E-state index is 11.8. The van der Waals surface area contributed by atoms with Crippen LogP contribution in [0.1, 0.15) is 40.5 Å². The van der Waals surface area contributed by atoms with Gasteiger partial charge in [-0.2, -0.15) is 0 Å².